The summed E-state index contributed by atoms with van der Waals surface area (Å²) in [6.45, 7) is 2.04. The van der Waals surface area contributed by atoms with E-state index in [4.69, 9.17) is 5.11 Å². The van der Waals surface area contributed by atoms with Crippen LogP contribution in [0.4, 0.5) is 0 Å². The van der Waals surface area contributed by atoms with Crippen LogP contribution in [-0.2, 0) is 4.79 Å². The molecule has 0 heterocycles. The highest BCUT2D eigenvalue weighted by Crippen LogP contribution is 2.29. The molecule has 2 heteroatoms. The standard InChI is InChI=1S/C8H14O2/c1-6-4-2-3-5-7(6)8(9)10/h6-7H,2-5H2,1H3,(H,9,10)/t6?,7-/m0/s1. The molecule has 1 aliphatic rings. The van der Waals surface area contributed by atoms with Crippen LogP contribution in [0.25, 0.3) is 0 Å². The van der Waals surface area contributed by atoms with E-state index in [0.29, 0.717) is 5.92 Å². The van der Waals surface area contributed by atoms with Crippen LogP contribution in [0.3, 0.4) is 0 Å². The zero-order valence-electron chi connectivity index (χ0n) is 6.34. The lowest BCUT2D eigenvalue weighted by atomic mass is 9.81. The first-order valence-electron chi connectivity index (χ1n) is 3.94. The van der Waals surface area contributed by atoms with Gasteiger partial charge in [0.05, 0.1) is 5.92 Å². The van der Waals surface area contributed by atoms with Crippen LogP contribution >= 0.6 is 0 Å². The minimum atomic E-state index is -0.604. The topological polar surface area (TPSA) is 37.3 Å². The van der Waals surface area contributed by atoms with Crippen molar-refractivity contribution in [3.8, 4) is 0 Å². The Morgan fingerprint density at radius 3 is 2.40 bits per heavy atom. The zero-order valence-corrected chi connectivity index (χ0v) is 6.34. The number of rotatable bonds is 1. The molecule has 0 aliphatic heterocycles. The molecule has 0 radical (unpaired) electrons. The summed E-state index contributed by atoms with van der Waals surface area (Å²) in [5.41, 5.74) is 0. The van der Waals surface area contributed by atoms with Crippen molar-refractivity contribution < 1.29 is 9.90 Å². The molecule has 0 amide bonds. The molecule has 10 heavy (non-hydrogen) atoms. The molecule has 0 aromatic heterocycles. The van der Waals surface area contributed by atoms with Crippen LogP contribution in [0.2, 0.25) is 0 Å². The zero-order chi connectivity index (χ0) is 7.56. The first kappa shape index (κ1) is 7.58. The van der Waals surface area contributed by atoms with Crippen LogP contribution in [0.5, 0.6) is 0 Å². The molecule has 1 saturated carbocycles. The summed E-state index contributed by atoms with van der Waals surface area (Å²) in [5.74, 6) is -0.271. The molecular formula is C8H14O2. The monoisotopic (exact) mass is 142 g/mol. The van der Waals surface area contributed by atoms with E-state index in [-0.39, 0.29) is 5.92 Å². The fraction of sp³-hybridized carbons (Fsp3) is 0.875. The predicted octanol–water partition coefficient (Wildman–Crippen LogP) is 1.90. The van der Waals surface area contributed by atoms with Crippen molar-refractivity contribution in [2.24, 2.45) is 11.8 Å². The average molecular weight is 142 g/mol. The Morgan fingerprint density at radius 2 is 2.00 bits per heavy atom. The van der Waals surface area contributed by atoms with Crippen LogP contribution < -0.4 is 0 Å². The summed E-state index contributed by atoms with van der Waals surface area (Å²) < 4.78 is 0. The SMILES string of the molecule is CC1CCCC[C@@H]1C(=O)O. The summed E-state index contributed by atoms with van der Waals surface area (Å²) in [5, 5.41) is 8.71. The van der Waals surface area contributed by atoms with Crippen molar-refractivity contribution >= 4 is 5.97 Å². The largest absolute Gasteiger partial charge is 0.481 e. The van der Waals surface area contributed by atoms with E-state index in [1.165, 1.54) is 6.42 Å². The molecule has 2 atom stereocenters. The lowest BCUT2D eigenvalue weighted by Gasteiger charge is -2.24. The number of carboxylic acid groups (broad SMARTS) is 1. The Morgan fingerprint density at radius 1 is 1.40 bits per heavy atom. The summed E-state index contributed by atoms with van der Waals surface area (Å²) in [4.78, 5) is 10.6. The van der Waals surface area contributed by atoms with Crippen LogP contribution in [0, 0.1) is 11.8 Å². The summed E-state index contributed by atoms with van der Waals surface area (Å²) in [6.07, 6.45) is 4.29. The highest BCUT2D eigenvalue weighted by atomic mass is 16.4. The third-order valence-electron chi connectivity index (χ3n) is 2.43. The van der Waals surface area contributed by atoms with Gasteiger partial charge in [-0.1, -0.05) is 19.8 Å². The van der Waals surface area contributed by atoms with Crippen LogP contribution in [-0.4, -0.2) is 11.1 Å². The lowest BCUT2D eigenvalue weighted by molar-refractivity contribution is -0.144. The predicted molar refractivity (Wildman–Crippen MR) is 38.8 cm³/mol. The number of carbonyl (C=O) groups is 1. The van der Waals surface area contributed by atoms with Gasteiger partial charge in [0.2, 0.25) is 0 Å². The van der Waals surface area contributed by atoms with E-state index in [2.05, 4.69) is 0 Å². The molecule has 0 spiro atoms. The van der Waals surface area contributed by atoms with Crippen molar-refractivity contribution in [2.75, 3.05) is 0 Å². The molecule has 58 valence electrons. The third-order valence-corrected chi connectivity index (χ3v) is 2.43. The van der Waals surface area contributed by atoms with Gasteiger partial charge >= 0.3 is 5.97 Å². The van der Waals surface area contributed by atoms with Crippen molar-refractivity contribution in [3.63, 3.8) is 0 Å². The van der Waals surface area contributed by atoms with Gasteiger partial charge in [0.25, 0.3) is 0 Å². The van der Waals surface area contributed by atoms with E-state index in [1.807, 2.05) is 6.92 Å². The van der Waals surface area contributed by atoms with Gasteiger partial charge in [0, 0.05) is 0 Å². The minimum Gasteiger partial charge on any atom is -0.481 e. The molecule has 1 unspecified atom stereocenters. The fourth-order valence-electron chi connectivity index (χ4n) is 1.68. The molecule has 1 aliphatic carbocycles. The summed E-state index contributed by atoms with van der Waals surface area (Å²) in [6, 6.07) is 0. The quantitative estimate of drug-likeness (QED) is 0.607. The number of hydrogen-bond acceptors (Lipinski definition) is 1. The smallest absolute Gasteiger partial charge is 0.306 e. The summed E-state index contributed by atoms with van der Waals surface area (Å²) >= 11 is 0. The number of carboxylic acids is 1. The van der Waals surface area contributed by atoms with E-state index in [1.54, 1.807) is 0 Å². The molecule has 1 N–H and O–H groups in total. The van der Waals surface area contributed by atoms with E-state index < -0.39 is 5.97 Å². The lowest BCUT2D eigenvalue weighted by Crippen LogP contribution is -2.24. The van der Waals surface area contributed by atoms with E-state index in [0.717, 1.165) is 19.3 Å². The van der Waals surface area contributed by atoms with E-state index in [9.17, 15) is 4.79 Å². The number of hydrogen-bond donors (Lipinski definition) is 1. The normalized spacial score (nSPS) is 33.7. The van der Waals surface area contributed by atoms with E-state index >= 15 is 0 Å². The summed E-state index contributed by atoms with van der Waals surface area (Å²) in [7, 11) is 0. The Labute approximate surface area is 61.2 Å². The van der Waals surface area contributed by atoms with Gasteiger partial charge < -0.3 is 5.11 Å². The Balaban J connectivity index is 2.47. The van der Waals surface area contributed by atoms with Crippen molar-refractivity contribution in [2.45, 2.75) is 32.6 Å². The molecule has 1 rings (SSSR count). The molecule has 1 fully saturated rings. The second-order valence-electron chi connectivity index (χ2n) is 3.21. The van der Waals surface area contributed by atoms with Gasteiger partial charge in [-0.3, -0.25) is 4.79 Å². The number of aliphatic carboxylic acids is 1. The molecule has 2 nitrogen and oxygen atoms in total. The average Bonchev–Trinajstić information content (AvgIpc) is 1.88. The van der Waals surface area contributed by atoms with Crippen LogP contribution in [0.1, 0.15) is 32.6 Å². The minimum absolute atomic E-state index is 0.0613. The van der Waals surface area contributed by atoms with Gasteiger partial charge in [0.1, 0.15) is 0 Å². The Hall–Kier alpha value is -0.530. The van der Waals surface area contributed by atoms with Gasteiger partial charge in [-0.15, -0.1) is 0 Å². The molecule has 0 bridgehead atoms. The second kappa shape index (κ2) is 3.04. The molecule has 0 saturated heterocycles. The van der Waals surface area contributed by atoms with Crippen molar-refractivity contribution in [3.05, 3.63) is 0 Å². The maximum atomic E-state index is 10.6. The Kier molecular flexibility index (Phi) is 2.30. The molecular weight excluding hydrogens is 128 g/mol. The first-order chi connectivity index (χ1) is 4.72. The highest BCUT2D eigenvalue weighted by Gasteiger charge is 2.26. The van der Waals surface area contributed by atoms with Crippen molar-refractivity contribution in [1.82, 2.24) is 0 Å². The fourth-order valence-corrected chi connectivity index (χ4v) is 1.68. The first-order valence-corrected chi connectivity index (χ1v) is 3.94. The second-order valence-corrected chi connectivity index (χ2v) is 3.21. The van der Waals surface area contributed by atoms with Gasteiger partial charge in [-0.25, -0.2) is 0 Å². The molecule has 0 aromatic carbocycles. The molecule has 0 aromatic rings. The Bertz CT molecular complexity index is 131. The van der Waals surface area contributed by atoms with Crippen molar-refractivity contribution in [1.29, 1.82) is 0 Å². The van der Waals surface area contributed by atoms with Gasteiger partial charge in [0.15, 0.2) is 0 Å². The maximum absolute atomic E-state index is 10.6. The van der Waals surface area contributed by atoms with Gasteiger partial charge in [-0.2, -0.15) is 0 Å². The highest BCUT2D eigenvalue weighted by molar-refractivity contribution is 5.70. The third kappa shape index (κ3) is 1.49. The van der Waals surface area contributed by atoms with Crippen LogP contribution in [0.15, 0.2) is 0 Å². The van der Waals surface area contributed by atoms with Gasteiger partial charge in [-0.05, 0) is 18.8 Å². The maximum Gasteiger partial charge on any atom is 0.306 e.